The first kappa shape index (κ1) is 8.11. The molecule has 5 heteroatoms. The summed E-state index contributed by atoms with van der Waals surface area (Å²) >= 11 is 0. The van der Waals surface area contributed by atoms with E-state index in [4.69, 9.17) is 0 Å². The van der Waals surface area contributed by atoms with Crippen LogP contribution in [0.2, 0.25) is 0 Å². The van der Waals surface area contributed by atoms with E-state index in [1.54, 1.807) is 0 Å². The van der Waals surface area contributed by atoms with Gasteiger partial charge in [0.2, 0.25) is 0 Å². The molecule has 0 aromatic carbocycles. The Morgan fingerprint density at radius 1 is 1.36 bits per heavy atom. The Morgan fingerprint density at radius 2 is 2.14 bits per heavy atom. The number of rotatable bonds is 1. The van der Waals surface area contributed by atoms with Crippen molar-refractivity contribution in [2.75, 3.05) is 33.2 Å². The minimum Gasteiger partial charge on any atom is -0.361 e. The van der Waals surface area contributed by atoms with Crippen molar-refractivity contribution < 1.29 is 0 Å². The van der Waals surface area contributed by atoms with Gasteiger partial charge in [-0.1, -0.05) is 0 Å². The molecule has 0 spiro atoms. The van der Waals surface area contributed by atoms with Gasteiger partial charge in [0.05, 0.1) is 0 Å². The average molecular weight is 193 g/mol. The lowest BCUT2D eigenvalue weighted by atomic mass is 10.3. The highest BCUT2D eigenvalue weighted by Gasteiger charge is 2.32. The largest absolute Gasteiger partial charge is 0.361 e. The van der Waals surface area contributed by atoms with Crippen LogP contribution in [-0.4, -0.2) is 55.0 Å². The van der Waals surface area contributed by atoms with E-state index in [1.165, 1.54) is 5.82 Å². The van der Waals surface area contributed by atoms with Crippen LogP contribution >= 0.6 is 0 Å². The summed E-state index contributed by atoms with van der Waals surface area (Å²) in [4.78, 5) is 8.94. The van der Waals surface area contributed by atoms with Crippen LogP contribution in [0.5, 0.6) is 0 Å². The second-order valence-electron chi connectivity index (χ2n) is 4.03. The summed E-state index contributed by atoms with van der Waals surface area (Å²) in [5.41, 5.74) is 0. The molecule has 3 rings (SSSR count). The van der Waals surface area contributed by atoms with E-state index in [1.807, 2.05) is 6.20 Å². The second-order valence-corrected chi connectivity index (χ2v) is 4.03. The smallest absolute Gasteiger partial charge is 0.179 e. The molecule has 0 bridgehead atoms. The van der Waals surface area contributed by atoms with Crippen LogP contribution < -0.4 is 10.6 Å². The fourth-order valence-electron chi connectivity index (χ4n) is 1.86. The molecule has 3 aliphatic heterocycles. The molecular weight excluding hydrogens is 178 g/mol. The highest BCUT2D eigenvalue weighted by molar-refractivity contribution is 6.00. The quantitative estimate of drug-likeness (QED) is 0.558. The first-order valence-electron chi connectivity index (χ1n) is 5.07. The summed E-state index contributed by atoms with van der Waals surface area (Å²) in [6, 6.07) is 0. The Bertz CT molecular complexity index is 300. The molecule has 0 aliphatic carbocycles. The van der Waals surface area contributed by atoms with E-state index in [0.717, 1.165) is 32.0 Å². The van der Waals surface area contributed by atoms with Crippen LogP contribution in [0.4, 0.5) is 0 Å². The van der Waals surface area contributed by atoms with Gasteiger partial charge in [0, 0.05) is 32.4 Å². The Hall–Kier alpha value is -1.23. The predicted molar refractivity (Wildman–Crippen MR) is 54.6 cm³/mol. The van der Waals surface area contributed by atoms with Crippen LogP contribution in [0.1, 0.15) is 0 Å². The molecule has 0 saturated carbocycles. The number of hydrogen-bond donors (Lipinski definition) is 2. The number of nitrogens with one attached hydrogen (secondary N) is 2. The third kappa shape index (κ3) is 1.33. The van der Waals surface area contributed by atoms with E-state index in [9.17, 15) is 0 Å². The van der Waals surface area contributed by atoms with Crippen LogP contribution in [0, 0.1) is 0 Å². The van der Waals surface area contributed by atoms with E-state index in [-0.39, 0.29) is 6.17 Å². The minimum atomic E-state index is 0.256. The molecule has 0 aromatic rings. The van der Waals surface area contributed by atoms with Gasteiger partial charge in [-0.3, -0.25) is 0 Å². The van der Waals surface area contributed by atoms with E-state index < -0.39 is 0 Å². The number of hydrogen-bond acceptors (Lipinski definition) is 5. The highest BCUT2D eigenvalue weighted by Crippen LogP contribution is 2.15. The van der Waals surface area contributed by atoms with Crippen molar-refractivity contribution in [2.45, 2.75) is 6.17 Å². The molecular formula is C9H15N5. The van der Waals surface area contributed by atoms with Gasteiger partial charge in [-0.05, 0) is 7.05 Å². The van der Waals surface area contributed by atoms with Gasteiger partial charge < -0.3 is 20.4 Å². The molecule has 1 fully saturated rings. The van der Waals surface area contributed by atoms with Gasteiger partial charge in [-0.15, -0.1) is 0 Å². The molecule has 0 unspecified atom stereocenters. The van der Waals surface area contributed by atoms with Crippen molar-refractivity contribution in [3.05, 3.63) is 12.0 Å². The van der Waals surface area contributed by atoms with Crippen molar-refractivity contribution in [3.8, 4) is 0 Å². The van der Waals surface area contributed by atoms with Gasteiger partial charge in [0.15, 0.2) is 12.0 Å². The molecule has 0 radical (unpaired) electrons. The topological polar surface area (TPSA) is 42.9 Å². The van der Waals surface area contributed by atoms with Crippen LogP contribution in [0.25, 0.3) is 0 Å². The molecule has 2 N–H and O–H groups in total. The third-order valence-corrected chi connectivity index (χ3v) is 2.94. The second kappa shape index (κ2) is 2.88. The van der Waals surface area contributed by atoms with E-state index >= 15 is 0 Å². The minimum absolute atomic E-state index is 0.256. The predicted octanol–water partition coefficient (Wildman–Crippen LogP) is -1.04. The van der Waals surface area contributed by atoms with Crippen molar-refractivity contribution in [1.29, 1.82) is 0 Å². The average Bonchev–Trinajstić information content (AvgIpc) is 2.96. The normalized spacial score (nSPS) is 30.9. The van der Waals surface area contributed by atoms with Crippen molar-refractivity contribution in [1.82, 2.24) is 20.4 Å². The van der Waals surface area contributed by atoms with Gasteiger partial charge in [-0.2, -0.15) is 0 Å². The van der Waals surface area contributed by atoms with Crippen LogP contribution in [0.15, 0.2) is 17.0 Å². The highest BCUT2D eigenvalue weighted by atomic mass is 15.4. The molecule has 3 heterocycles. The number of fused-ring (bicyclic) bond motifs is 1. The Balaban J connectivity index is 1.64. The SMILES string of the molecule is CN1CCN(C2=CN[C@@H]3N=C3N2)CC1. The fraction of sp³-hybridized carbons (Fsp3) is 0.667. The lowest BCUT2D eigenvalue weighted by Crippen LogP contribution is -2.49. The van der Waals surface area contributed by atoms with E-state index in [0.29, 0.717) is 0 Å². The lowest BCUT2D eigenvalue weighted by Gasteiger charge is -2.36. The van der Waals surface area contributed by atoms with Crippen molar-refractivity contribution in [2.24, 2.45) is 4.99 Å². The summed E-state index contributed by atoms with van der Waals surface area (Å²) in [5.74, 6) is 2.26. The summed E-state index contributed by atoms with van der Waals surface area (Å²) < 4.78 is 0. The number of aliphatic imine (C=N–C) groups is 1. The van der Waals surface area contributed by atoms with E-state index in [2.05, 4.69) is 32.5 Å². The molecule has 1 atom stereocenters. The molecule has 0 aromatic heterocycles. The van der Waals surface area contributed by atoms with Crippen molar-refractivity contribution >= 4 is 5.84 Å². The maximum Gasteiger partial charge on any atom is 0.179 e. The summed E-state index contributed by atoms with van der Waals surface area (Å²) in [6.07, 6.45) is 2.29. The standard InChI is InChI=1S/C9H15N5/c1-13-2-4-14(5-3-13)7-6-10-8-9(11-7)12-8/h6,8,10H,2-5H2,1H3,(H,11,12)/t8-/m1/s1. The third-order valence-electron chi connectivity index (χ3n) is 2.94. The first-order chi connectivity index (χ1) is 6.83. The van der Waals surface area contributed by atoms with Gasteiger partial charge >= 0.3 is 0 Å². The zero-order chi connectivity index (χ0) is 9.54. The summed E-state index contributed by atoms with van der Waals surface area (Å²) in [6.45, 7) is 4.45. The molecule has 3 aliphatic rings. The number of amidine groups is 1. The Kier molecular flexibility index (Phi) is 1.67. The van der Waals surface area contributed by atoms with Gasteiger partial charge in [0.1, 0.15) is 5.82 Å². The van der Waals surface area contributed by atoms with Crippen molar-refractivity contribution in [3.63, 3.8) is 0 Å². The number of piperazine rings is 1. The molecule has 0 amide bonds. The van der Waals surface area contributed by atoms with Crippen LogP contribution in [-0.2, 0) is 0 Å². The zero-order valence-corrected chi connectivity index (χ0v) is 8.32. The Labute approximate surface area is 83.5 Å². The molecule has 14 heavy (non-hydrogen) atoms. The zero-order valence-electron chi connectivity index (χ0n) is 8.32. The number of nitrogens with zero attached hydrogens (tertiary/aromatic N) is 3. The van der Waals surface area contributed by atoms with Crippen LogP contribution in [0.3, 0.4) is 0 Å². The van der Waals surface area contributed by atoms with Gasteiger partial charge in [0.25, 0.3) is 0 Å². The molecule has 1 saturated heterocycles. The summed E-state index contributed by atoms with van der Waals surface area (Å²) in [5, 5.41) is 6.56. The number of likely N-dealkylation sites (N-methyl/N-ethyl adjacent to an activating group) is 1. The Morgan fingerprint density at radius 3 is 2.86 bits per heavy atom. The monoisotopic (exact) mass is 193 g/mol. The fourth-order valence-corrected chi connectivity index (χ4v) is 1.86. The maximum absolute atomic E-state index is 4.22. The summed E-state index contributed by atoms with van der Waals surface area (Å²) in [7, 11) is 2.17. The van der Waals surface area contributed by atoms with Gasteiger partial charge in [-0.25, -0.2) is 4.99 Å². The first-order valence-corrected chi connectivity index (χ1v) is 5.07. The molecule has 5 nitrogen and oxygen atoms in total. The maximum atomic E-state index is 4.22. The molecule has 76 valence electrons. The lowest BCUT2D eigenvalue weighted by molar-refractivity contribution is 0.180.